The minimum Gasteiger partial charge on any atom is -0.497 e. The van der Waals surface area contributed by atoms with Crippen LogP contribution in [0.1, 0.15) is 34.6 Å². The molecule has 1 atom stereocenters. The van der Waals surface area contributed by atoms with E-state index < -0.39 is 11.9 Å². The summed E-state index contributed by atoms with van der Waals surface area (Å²) in [6.45, 7) is 3.68. The maximum absolute atomic E-state index is 13.2. The van der Waals surface area contributed by atoms with E-state index in [2.05, 4.69) is 16.0 Å². The Balaban J connectivity index is 1.74. The van der Waals surface area contributed by atoms with Gasteiger partial charge in [0.15, 0.2) is 0 Å². The van der Waals surface area contributed by atoms with Gasteiger partial charge in [0.2, 0.25) is 5.91 Å². The molecule has 35 heavy (non-hydrogen) atoms. The quantitative estimate of drug-likeness (QED) is 0.427. The fraction of sp³-hybridized carbons (Fsp3) is 0.222. The van der Waals surface area contributed by atoms with Gasteiger partial charge in [0.25, 0.3) is 11.8 Å². The fourth-order valence-corrected chi connectivity index (χ4v) is 3.40. The molecule has 3 amide bonds. The highest BCUT2D eigenvalue weighted by Gasteiger charge is 2.26. The summed E-state index contributed by atoms with van der Waals surface area (Å²) in [5.74, 6) is -0.158. The van der Waals surface area contributed by atoms with Gasteiger partial charge >= 0.3 is 0 Å². The number of amides is 3. The minimum absolute atomic E-state index is 0.189. The Labute approximate surface area is 204 Å². The summed E-state index contributed by atoms with van der Waals surface area (Å²) in [6.07, 6.45) is 0. The zero-order valence-electron chi connectivity index (χ0n) is 20.1. The summed E-state index contributed by atoms with van der Waals surface area (Å²) in [5, 5.41) is 8.39. The van der Waals surface area contributed by atoms with E-state index >= 15 is 0 Å². The molecule has 3 rings (SSSR count). The molecule has 0 unspecified atom stereocenters. The maximum Gasteiger partial charge on any atom is 0.255 e. The number of carbonyl (C=O) groups is 3. The smallest absolute Gasteiger partial charge is 0.255 e. The lowest BCUT2D eigenvalue weighted by molar-refractivity contribution is -0.118. The van der Waals surface area contributed by atoms with Crippen molar-refractivity contribution in [3.63, 3.8) is 0 Å². The lowest BCUT2D eigenvalue weighted by Gasteiger charge is -2.22. The zero-order chi connectivity index (χ0) is 25.4. The molecule has 0 heterocycles. The number of ether oxygens (including phenoxy) is 2. The number of benzene rings is 3. The molecule has 0 fully saturated rings. The molecular weight excluding hydrogens is 446 g/mol. The van der Waals surface area contributed by atoms with Crippen molar-refractivity contribution in [3.8, 4) is 11.5 Å². The molecule has 3 N–H and O–H groups in total. The number of hydrogen-bond acceptors (Lipinski definition) is 5. The van der Waals surface area contributed by atoms with Gasteiger partial charge in [0.05, 0.1) is 25.5 Å². The second-order valence-electron chi connectivity index (χ2n) is 8.14. The maximum atomic E-state index is 13.2. The molecule has 0 bridgehead atoms. The van der Waals surface area contributed by atoms with Crippen LogP contribution in [0.15, 0.2) is 72.8 Å². The number of anilines is 2. The van der Waals surface area contributed by atoms with Crippen LogP contribution < -0.4 is 25.4 Å². The second kappa shape index (κ2) is 11.7. The summed E-state index contributed by atoms with van der Waals surface area (Å²) in [5.41, 5.74) is 1.55. The molecule has 0 spiro atoms. The molecule has 0 aliphatic carbocycles. The summed E-state index contributed by atoms with van der Waals surface area (Å²) >= 11 is 0. The van der Waals surface area contributed by atoms with Gasteiger partial charge in [0.1, 0.15) is 17.5 Å². The third kappa shape index (κ3) is 6.60. The van der Waals surface area contributed by atoms with Crippen molar-refractivity contribution in [1.29, 1.82) is 0 Å². The third-order valence-electron chi connectivity index (χ3n) is 5.35. The predicted octanol–water partition coefficient (Wildman–Crippen LogP) is 4.35. The minimum atomic E-state index is -0.806. The largest absolute Gasteiger partial charge is 0.497 e. The Morgan fingerprint density at radius 2 is 1.43 bits per heavy atom. The monoisotopic (exact) mass is 475 g/mol. The van der Waals surface area contributed by atoms with E-state index in [9.17, 15) is 14.4 Å². The van der Waals surface area contributed by atoms with Crippen LogP contribution in [0.2, 0.25) is 0 Å². The van der Waals surface area contributed by atoms with Crippen LogP contribution in [0.4, 0.5) is 11.4 Å². The van der Waals surface area contributed by atoms with Crippen molar-refractivity contribution < 1.29 is 23.9 Å². The molecule has 8 heteroatoms. The van der Waals surface area contributed by atoms with Crippen LogP contribution in [-0.2, 0) is 4.79 Å². The Morgan fingerprint density at radius 1 is 0.743 bits per heavy atom. The van der Waals surface area contributed by atoms with Crippen LogP contribution in [-0.4, -0.2) is 38.0 Å². The van der Waals surface area contributed by atoms with E-state index in [0.29, 0.717) is 28.4 Å². The molecule has 182 valence electrons. The van der Waals surface area contributed by atoms with Gasteiger partial charge in [-0.2, -0.15) is 0 Å². The van der Waals surface area contributed by atoms with Crippen molar-refractivity contribution in [3.05, 3.63) is 83.9 Å². The number of carbonyl (C=O) groups excluding carboxylic acids is 3. The van der Waals surface area contributed by atoms with Gasteiger partial charge in [-0.1, -0.05) is 32.0 Å². The normalized spacial score (nSPS) is 11.3. The van der Waals surface area contributed by atoms with Crippen LogP contribution in [0, 0.1) is 5.92 Å². The topological polar surface area (TPSA) is 106 Å². The first-order chi connectivity index (χ1) is 16.8. The Hall–Kier alpha value is -4.33. The third-order valence-corrected chi connectivity index (χ3v) is 5.35. The molecule has 0 aliphatic heterocycles. The van der Waals surface area contributed by atoms with Crippen molar-refractivity contribution in [2.45, 2.75) is 19.9 Å². The average molecular weight is 476 g/mol. The van der Waals surface area contributed by atoms with E-state index in [1.165, 1.54) is 0 Å². The molecule has 3 aromatic rings. The molecule has 0 saturated heterocycles. The fourth-order valence-electron chi connectivity index (χ4n) is 3.40. The van der Waals surface area contributed by atoms with E-state index in [1.54, 1.807) is 87.0 Å². The number of methoxy groups -OCH3 is 2. The van der Waals surface area contributed by atoms with Crippen LogP contribution >= 0.6 is 0 Å². The SMILES string of the molecule is COc1ccc(C(=O)Nc2ccccc2C(=O)N[C@H](C(=O)Nc2cccc(OC)c2)C(C)C)cc1. The molecule has 0 radical (unpaired) electrons. The highest BCUT2D eigenvalue weighted by Crippen LogP contribution is 2.20. The molecular formula is C27H29N3O5. The number of rotatable bonds is 9. The Kier molecular flexibility index (Phi) is 8.45. The Morgan fingerprint density at radius 3 is 2.09 bits per heavy atom. The first kappa shape index (κ1) is 25.3. The Bertz CT molecular complexity index is 1190. The lowest BCUT2D eigenvalue weighted by atomic mass is 10.0. The molecule has 3 aromatic carbocycles. The average Bonchev–Trinajstić information content (AvgIpc) is 2.87. The van der Waals surface area contributed by atoms with E-state index in [-0.39, 0.29) is 23.3 Å². The summed E-state index contributed by atoms with van der Waals surface area (Å²) in [4.78, 5) is 38.9. The van der Waals surface area contributed by atoms with Gasteiger partial charge in [0, 0.05) is 17.3 Å². The first-order valence-electron chi connectivity index (χ1n) is 11.1. The van der Waals surface area contributed by atoms with Crippen molar-refractivity contribution in [2.24, 2.45) is 5.92 Å². The number of nitrogens with one attached hydrogen (secondary N) is 3. The standard InChI is InChI=1S/C27H29N3O5/c1-17(2)24(27(33)28-19-8-7-9-21(16-19)35-4)30-26(32)22-10-5-6-11-23(22)29-25(31)18-12-14-20(34-3)15-13-18/h5-17,24H,1-4H3,(H,28,33)(H,29,31)(H,30,32)/t24-/m0/s1. The van der Waals surface area contributed by atoms with Crippen molar-refractivity contribution >= 4 is 29.1 Å². The number of hydrogen-bond donors (Lipinski definition) is 3. The highest BCUT2D eigenvalue weighted by molar-refractivity contribution is 6.10. The lowest BCUT2D eigenvalue weighted by Crippen LogP contribution is -2.47. The summed E-state index contributed by atoms with van der Waals surface area (Å²) in [7, 11) is 3.09. The molecule has 0 aliphatic rings. The van der Waals surface area contributed by atoms with Crippen LogP contribution in [0.25, 0.3) is 0 Å². The van der Waals surface area contributed by atoms with E-state index in [0.717, 1.165) is 0 Å². The van der Waals surface area contributed by atoms with Gasteiger partial charge < -0.3 is 25.4 Å². The van der Waals surface area contributed by atoms with E-state index in [4.69, 9.17) is 9.47 Å². The zero-order valence-corrected chi connectivity index (χ0v) is 20.1. The van der Waals surface area contributed by atoms with E-state index in [1.807, 2.05) is 13.8 Å². The van der Waals surface area contributed by atoms with Gasteiger partial charge in [-0.25, -0.2) is 0 Å². The van der Waals surface area contributed by atoms with Crippen molar-refractivity contribution in [1.82, 2.24) is 5.32 Å². The van der Waals surface area contributed by atoms with Crippen molar-refractivity contribution in [2.75, 3.05) is 24.9 Å². The summed E-state index contributed by atoms with van der Waals surface area (Å²) in [6, 6.07) is 19.4. The molecule has 0 aromatic heterocycles. The molecule has 0 saturated carbocycles. The second-order valence-corrected chi connectivity index (χ2v) is 8.14. The molecule has 8 nitrogen and oxygen atoms in total. The first-order valence-corrected chi connectivity index (χ1v) is 11.1. The highest BCUT2D eigenvalue weighted by atomic mass is 16.5. The number of para-hydroxylation sites is 1. The van der Waals surface area contributed by atoms with Gasteiger partial charge in [-0.15, -0.1) is 0 Å². The van der Waals surface area contributed by atoms with Gasteiger partial charge in [-0.3, -0.25) is 14.4 Å². The van der Waals surface area contributed by atoms with Crippen LogP contribution in [0.3, 0.4) is 0 Å². The van der Waals surface area contributed by atoms with Gasteiger partial charge in [-0.05, 0) is 54.4 Å². The van der Waals surface area contributed by atoms with Crippen LogP contribution in [0.5, 0.6) is 11.5 Å². The summed E-state index contributed by atoms with van der Waals surface area (Å²) < 4.78 is 10.3. The predicted molar refractivity (Wildman–Crippen MR) is 135 cm³/mol.